The van der Waals surface area contributed by atoms with E-state index >= 15 is 0 Å². The van der Waals surface area contributed by atoms with Gasteiger partial charge >= 0.3 is 0 Å². The first-order valence-corrected chi connectivity index (χ1v) is 9.57. The molecule has 7 heteroatoms. The van der Waals surface area contributed by atoms with E-state index in [4.69, 9.17) is 21.1 Å². The number of hydrogen-bond donors (Lipinski definition) is 1. The highest BCUT2D eigenvalue weighted by Crippen LogP contribution is 2.30. The van der Waals surface area contributed by atoms with Crippen LogP contribution in [0.4, 0.5) is 0 Å². The molecular weight excluding hydrogens is 390 g/mol. The van der Waals surface area contributed by atoms with Crippen molar-refractivity contribution in [3.63, 3.8) is 0 Å². The van der Waals surface area contributed by atoms with Crippen LogP contribution in [0.3, 0.4) is 0 Å². The lowest BCUT2D eigenvalue weighted by molar-refractivity contribution is -0.130. The van der Waals surface area contributed by atoms with Crippen molar-refractivity contribution in [1.82, 2.24) is 9.99 Å². The maximum atomic E-state index is 12.4. The molecular formula is C22H20ClN3O3. The minimum atomic E-state index is -0.749. The number of carbonyl (C=O) groups excluding carboxylic acids is 1. The van der Waals surface area contributed by atoms with Gasteiger partial charge in [0, 0.05) is 27.7 Å². The fourth-order valence-corrected chi connectivity index (χ4v) is 3.50. The smallest absolute Gasteiger partial charge is 0.284 e. The topological polar surface area (TPSA) is 64.8 Å². The van der Waals surface area contributed by atoms with E-state index in [1.54, 1.807) is 18.3 Å². The average molecular weight is 410 g/mol. The molecule has 1 aliphatic heterocycles. The Hall–Kier alpha value is -3.25. The molecule has 0 radical (unpaired) electrons. The SMILES string of the molecule is Cc1cc(/C=N\NC(=O)[C@H]2COc3ccccc3O2)c(C)n1-c1cccc(Cl)c1. The van der Waals surface area contributed by atoms with Gasteiger partial charge in [0.15, 0.2) is 11.5 Å². The van der Waals surface area contributed by atoms with E-state index in [9.17, 15) is 4.79 Å². The molecule has 29 heavy (non-hydrogen) atoms. The van der Waals surface area contributed by atoms with E-state index in [0.29, 0.717) is 16.5 Å². The van der Waals surface area contributed by atoms with Crippen LogP contribution in [0.15, 0.2) is 59.7 Å². The summed E-state index contributed by atoms with van der Waals surface area (Å²) >= 11 is 6.12. The second-order valence-corrected chi connectivity index (χ2v) is 7.18. The van der Waals surface area contributed by atoms with Crippen LogP contribution in [0, 0.1) is 13.8 Å². The first-order chi connectivity index (χ1) is 14.0. The minimum absolute atomic E-state index is 0.141. The van der Waals surface area contributed by atoms with Gasteiger partial charge in [-0.3, -0.25) is 4.79 Å². The lowest BCUT2D eigenvalue weighted by atomic mass is 10.2. The van der Waals surface area contributed by atoms with E-state index < -0.39 is 6.10 Å². The number of aromatic nitrogens is 1. The summed E-state index contributed by atoms with van der Waals surface area (Å²) in [5.41, 5.74) is 6.44. The van der Waals surface area contributed by atoms with Crippen molar-refractivity contribution in [2.45, 2.75) is 20.0 Å². The van der Waals surface area contributed by atoms with Crippen LogP contribution in [-0.4, -0.2) is 29.4 Å². The molecule has 0 spiro atoms. The van der Waals surface area contributed by atoms with Crippen LogP contribution < -0.4 is 14.9 Å². The molecule has 4 rings (SSSR count). The Morgan fingerprint density at radius 2 is 1.97 bits per heavy atom. The fourth-order valence-electron chi connectivity index (χ4n) is 3.32. The van der Waals surface area contributed by atoms with E-state index in [-0.39, 0.29) is 12.5 Å². The van der Waals surface area contributed by atoms with E-state index in [2.05, 4.69) is 15.1 Å². The van der Waals surface area contributed by atoms with Gasteiger partial charge in [-0.1, -0.05) is 29.8 Å². The summed E-state index contributed by atoms with van der Waals surface area (Å²) in [6, 6.07) is 16.9. The quantitative estimate of drug-likeness (QED) is 0.522. The largest absolute Gasteiger partial charge is 0.485 e. The van der Waals surface area contributed by atoms with Crippen molar-refractivity contribution in [3.05, 3.63) is 76.6 Å². The van der Waals surface area contributed by atoms with Crippen molar-refractivity contribution in [2.24, 2.45) is 5.10 Å². The Morgan fingerprint density at radius 3 is 2.76 bits per heavy atom. The van der Waals surface area contributed by atoms with Crippen LogP contribution in [0.1, 0.15) is 17.0 Å². The third-order valence-corrected chi connectivity index (χ3v) is 4.95. The predicted octanol–water partition coefficient (Wildman–Crippen LogP) is 4.04. The van der Waals surface area contributed by atoms with Gasteiger partial charge < -0.3 is 14.0 Å². The highest BCUT2D eigenvalue weighted by atomic mass is 35.5. The molecule has 0 unspecified atom stereocenters. The number of amides is 1. The van der Waals surface area contributed by atoms with E-state index in [1.165, 1.54) is 0 Å². The lowest BCUT2D eigenvalue weighted by Gasteiger charge is -2.24. The molecule has 0 aliphatic carbocycles. The number of aryl methyl sites for hydroxylation is 1. The van der Waals surface area contributed by atoms with E-state index in [0.717, 1.165) is 22.6 Å². The summed E-state index contributed by atoms with van der Waals surface area (Å²) in [4.78, 5) is 12.4. The molecule has 6 nitrogen and oxygen atoms in total. The van der Waals surface area contributed by atoms with Gasteiger partial charge in [-0.2, -0.15) is 5.10 Å². The van der Waals surface area contributed by atoms with E-state index in [1.807, 2.05) is 56.3 Å². The lowest BCUT2D eigenvalue weighted by Crippen LogP contribution is -2.42. The maximum absolute atomic E-state index is 12.4. The standard InChI is InChI=1S/C22H20ClN3O3/c1-14-10-16(15(2)26(14)18-7-5-6-17(23)11-18)12-24-25-22(27)21-13-28-19-8-3-4-9-20(19)29-21/h3-12,21H,13H2,1-2H3,(H,25,27)/b24-12-/t21-/m1/s1. The Bertz CT molecular complexity index is 1090. The summed E-state index contributed by atoms with van der Waals surface area (Å²) in [5, 5.41) is 4.77. The molecule has 148 valence electrons. The molecule has 3 aromatic rings. The summed E-state index contributed by atoms with van der Waals surface area (Å²) in [6.07, 6.45) is 0.875. The van der Waals surface area contributed by atoms with Crippen LogP contribution in [0.5, 0.6) is 11.5 Å². The van der Waals surface area contributed by atoms with Crippen molar-refractivity contribution in [3.8, 4) is 17.2 Å². The number of nitrogens with zero attached hydrogens (tertiary/aromatic N) is 2. The minimum Gasteiger partial charge on any atom is -0.485 e. The average Bonchev–Trinajstić information content (AvgIpc) is 3.00. The fraction of sp³-hybridized carbons (Fsp3) is 0.182. The molecule has 1 N–H and O–H groups in total. The van der Waals surface area contributed by atoms with Crippen LogP contribution in [-0.2, 0) is 4.79 Å². The zero-order valence-electron chi connectivity index (χ0n) is 16.1. The number of rotatable bonds is 4. The number of para-hydroxylation sites is 2. The Morgan fingerprint density at radius 1 is 1.17 bits per heavy atom. The van der Waals surface area contributed by atoms with Crippen LogP contribution in [0.2, 0.25) is 5.02 Å². The van der Waals surface area contributed by atoms with Crippen molar-refractivity contribution < 1.29 is 14.3 Å². The van der Waals surface area contributed by atoms with Crippen LogP contribution >= 0.6 is 11.6 Å². The molecule has 0 fully saturated rings. The molecule has 2 aromatic carbocycles. The van der Waals surface area contributed by atoms with Gasteiger partial charge in [0.1, 0.15) is 6.61 Å². The number of halogens is 1. The Balaban J connectivity index is 1.45. The molecule has 2 heterocycles. The number of ether oxygens (including phenoxy) is 2. The molecule has 1 aliphatic rings. The van der Waals surface area contributed by atoms with Crippen molar-refractivity contribution in [1.29, 1.82) is 0 Å². The molecule has 1 aromatic heterocycles. The molecule has 1 atom stereocenters. The zero-order valence-corrected chi connectivity index (χ0v) is 16.8. The molecule has 1 amide bonds. The normalized spacial score (nSPS) is 15.5. The third-order valence-electron chi connectivity index (χ3n) is 4.72. The number of hydrazone groups is 1. The second kappa shape index (κ2) is 8.01. The first kappa shape index (κ1) is 19.1. The van der Waals surface area contributed by atoms with Crippen LogP contribution in [0.25, 0.3) is 5.69 Å². The van der Waals surface area contributed by atoms with Gasteiger partial charge in [-0.15, -0.1) is 0 Å². The molecule has 0 saturated heterocycles. The number of benzene rings is 2. The molecule has 0 bridgehead atoms. The van der Waals surface area contributed by atoms with Crippen molar-refractivity contribution >= 4 is 23.7 Å². The highest BCUT2D eigenvalue weighted by molar-refractivity contribution is 6.30. The highest BCUT2D eigenvalue weighted by Gasteiger charge is 2.27. The summed E-state index contributed by atoms with van der Waals surface area (Å²) in [5.74, 6) is 0.820. The third kappa shape index (κ3) is 3.98. The summed E-state index contributed by atoms with van der Waals surface area (Å²) < 4.78 is 13.3. The van der Waals surface area contributed by atoms with Gasteiger partial charge in [0.25, 0.3) is 5.91 Å². The van der Waals surface area contributed by atoms with Gasteiger partial charge in [-0.05, 0) is 50.2 Å². The number of carbonyl (C=O) groups is 1. The Labute approximate surface area is 173 Å². The van der Waals surface area contributed by atoms with Gasteiger partial charge in [-0.25, -0.2) is 5.43 Å². The number of fused-ring (bicyclic) bond motifs is 1. The second-order valence-electron chi connectivity index (χ2n) is 6.74. The summed E-state index contributed by atoms with van der Waals surface area (Å²) in [6.45, 7) is 4.14. The Kier molecular flexibility index (Phi) is 5.27. The number of nitrogens with one attached hydrogen (secondary N) is 1. The van der Waals surface area contributed by atoms with Crippen molar-refractivity contribution in [2.75, 3.05) is 6.61 Å². The maximum Gasteiger partial charge on any atom is 0.284 e. The predicted molar refractivity (Wildman–Crippen MR) is 112 cm³/mol. The molecule has 0 saturated carbocycles. The van der Waals surface area contributed by atoms with Gasteiger partial charge in [0.2, 0.25) is 6.10 Å². The zero-order chi connectivity index (χ0) is 20.4. The van der Waals surface area contributed by atoms with Gasteiger partial charge in [0.05, 0.1) is 6.21 Å². The summed E-state index contributed by atoms with van der Waals surface area (Å²) in [7, 11) is 0. The monoisotopic (exact) mass is 409 g/mol. The number of hydrogen-bond acceptors (Lipinski definition) is 4. The first-order valence-electron chi connectivity index (χ1n) is 9.19.